The quantitative estimate of drug-likeness (QED) is 0.259. The zero-order valence-corrected chi connectivity index (χ0v) is 18.7. The minimum atomic E-state index is -3.23. The standard InChI is InChI=1S/C11H23NO4P.C8H14O2/c1-7-17(15,16-11(14)9(2)3)10(8-13)12(4,5)6;1-3-4-5-6-7(2)8(9)10/h10,13H,2,7-8H2,1,3-6H3;6H,3-5H2,1-2H3,(H,9,10)/q+1;/p-1/b;7-6+. The van der Waals surface area contributed by atoms with E-state index in [-0.39, 0.29) is 22.8 Å². The number of nitrogens with zero attached hydrogens (tertiary/aromatic N) is 1. The average molecular weight is 405 g/mol. The van der Waals surface area contributed by atoms with Crippen molar-refractivity contribution in [3.05, 3.63) is 23.8 Å². The van der Waals surface area contributed by atoms with E-state index >= 15 is 0 Å². The second kappa shape index (κ2) is 12.9. The predicted molar refractivity (Wildman–Crippen MR) is 106 cm³/mol. The van der Waals surface area contributed by atoms with Gasteiger partial charge in [-0.2, -0.15) is 0 Å². The number of aliphatic carboxylic acids is 1. The monoisotopic (exact) mass is 405 g/mol. The number of carboxylic acids is 1. The minimum absolute atomic E-state index is 0.201. The molecule has 0 saturated heterocycles. The van der Waals surface area contributed by atoms with E-state index in [0.29, 0.717) is 5.57 Å². The number of unbranched alkanes of at least 4 members (excludes halogenated alkanes) is 2. The first-order valence-corrected chi connectivity index (χ1v) is 10.9. The Morgan fingerprint density at radius 1 is 1.26 bits per heavy atom. The molecule has 1 N–H and O–H groups in total. The van der Waals surface area contributed by atoms with Gasteiger partial charge < -0.3 is 24.0 Å². The lowest BCUT2D eigenvalue weighted by atomic mass is 10.2. The van der Waals surface area contributed by atoms with E-state index < -0.39 is 25.1 Å². The van der Waals surface area contributed by atoms with Gasteiger partial charge in [0.1, 0.15) is 6.61 Å². The second-order valence-electron chi connectivity index (χ2n) is 7.30. The third-order valence-corrected chi connectivity index (χ3v) is 6.99. The van der Waals surface area contributed by atoms with Gasteiger partial charge in [0.2, 0.25) is 0 Å². The van der Waals surface area contributed by atoms with Crippen molar-refractivity contribution in [2.24, 2.45) is 0 Å². The van der Waals surface area contributed by atoms with Crippen molar-refractivity contribution in [3.8, 4) is 0 Å². The Balaban J connectivity index is 0. The molecule has 158 valence electrons. The van der Waals surface area contributed by atoms with Crippen LogP contribution in [0, 0.1) is 0 Å². The fraction of sp³-hybridized carbons (Fsp3) is 0.684. The highest BCUT2D eigenvalue weighted by Gasteiger charge is 2.44. The molecule has 0 fully saturated rings. The summed E-state index contributed by atoms with van der Waals surface area (Å²) in [6, 6.07) is 0. The predicted octanol–water partition coefficient (Wildman–Crippen LogP) is 2.30. The first-order chi connectivity index (χ1) is 12.3. The van der Waals surface area contributed by atoms with Crippen LogP contribution in [-0.4, -0.2) is 61.2 Å². The Hall–Kier alpha value is -1.43. The van der Waals surface area contributed by atoms with Crippen LogP contribution >= 0.6 is 7.37 Å². The summed E-state index contributed by atoms with van der Waals surface area (Å²) in [4.78, 5) is 21.6. The molecule has 8 heteroatoms. The van der Waals surface area contributed by atoms with Gasteiger partial charge in [-0.05, 0) is 25.8 Å². The van der Waals surface area contributed by atoms with Crippen molar-refractivity contribution in [2.45, 2.75) is 52.7 Å². The summed E-state index contributed by atoms with van der Waals surface area (Å²) in [5.41, 5.74) is 0.547. The van der Waals surface area contributed by atoms with Crippen LogP contribution in [-0.2, 0) is 18.7 Å². The molecule has 27 heavy (non-hydrogen) atoms. The van der Waals surface area contributed by atoms with Crippen molar-refractivity contribution in [2.75, 3.05) is 33.9 Å². The highest BCUT2D eigenvalue weighted by Crippen LogP contribution is 2.53. The molecule has 0 spiro atoms. The number of hydrogen-bond donors (Lipinski definition) is 1. The normalized spacial score (nSPS) is 15.0. The van der Waals surface area contributed by atoms with Crippen LogP contribution in [0.5, 0.6) is 0 Å². The van der Waals surface area contributed by atoms with E-state index in [4.69, 9.17) is 4.52 Å². The smallest absolute Gasteiger partial charge is 0.338 e. The molecule has 0 aliphatic heterocycles. The SMILES string of the molecule is C=C(C)C(=O)OP(=O)(CC)C(CO)[N+](C)(C)C.CCCC/C=C(\C)C(=O)[O-]. The number of carbonyl (C=O) groups is 2. The molecule has 0 aromatic rings. The number of carbonyl (C=O) groups excluding carboxylic acids is 2. The van der Waals surface area contributed by atoms with Crippen LogP contribution in [0.1, 0.15) is 47.0 Å². The third-order valence-electron chi connectivity index (χ3n) is 3.87. The van der Waals surface area contributed by atoms with Gasteiger partial charge in [-0.15, -0.1) is 0 Å². The van der Waals surface area contributed by atoms with E-state index in [1.54, 1.807) is 41.1 Å². The molecule has 0 radical (unpaired) electrons. The molecule has 0 amide bonds. The Morgan fingerprint density at radius 2 is 1.78 bits per heavy atom. The Morgan fingerprint density at radius 3 is 2.07 bits per heavy atom. The van der Waals surface area contributed by atoms with Gasteiger partial charge >= 0.3 is 13.3 Å². The van der Waals surface area contributed by atoms with Gasteiger partial charge in [0.15, 0.2) is 5.78 Å². The van der Waals surface area contributed by atoms with Crippen LogP contribution in [0.2, 0.25) is 0 Å². The molecular formula is C19H36NO6P. The van der Waals surface area contributed by atoms with Gasteiger partial charge in [0, 0.05) is 11.7 Å². The summed E-state index contributed by atoms with van der Waals surface area (Å²) in [7, 11) is 2.18. The highest BCUT2D eigenvalue weighted by molar-refractivity contribution is 7.60. The number of rotatable bonds is 10. The number of hydrogen-bond acceptors (Lipinski definition) is 6. The maximum absolute atomic E-state index is 12.6. The highest BCUT2D eigenvalue weighted by atomic mass is 31.2. The molecule has 0 rings (SSSR count). The van der Waals surface area contributed by atoms with E-state index in [0.717, 1.165) is 19.3 Å². The minimum Gasteiger partial charge on any atom is -0.545 e. The lowest BCUT2D eigenvalue weighted by Crippen LogP contribution is -2.47. The Kier molecular flexibility index (Phi) is 13.2. The molecule has 0 aromatic heterocycles. The Bertz CT molecular complexity index is 577. The van der Waals surface area contributed by atoms with Gasteiger partial charge in [0.25, 0.3) is 0 Å². The van der Waals surface area contributed by atoms with Crippen molar-refractivity contribution in [1.82, 2.24) is 0 Å². The summed E-state index contributed by atoms with van der Waals surface area (Å²) < 4.78 is 18.0. The summed E-state index contributed by atoms with van der Waals surface area (Å²) in [6.45, 7) is 9.98. The van der Waals surface area contributed by atoms with Crippen LogP contribution in [0.3, 0.4) is 0 Å². The first-order valence-electron chi connectivity index (χ1n) is 9.05. The average Bonchev–Trinajstić information content (AvgIpc) is 2.54. The number of quaternary nitrogens is 1. The van der Waals surface area contributed by atoms with Crippen molar-refractivity contribution < 1.29 is 33.4 Å². The maximum Gasteiger partial charge on any atom is 0.338 e. The fourth-order valence-corrected chi connectivity index (χ4v) is 4.47. The van der Waals surface area contributed by atoms with Gasteiger partial charge in [0.05, 0.1) is 27.1 Å². The van der Waals surface area contributed by atoms with Crippen LogP contribution < -0.4 is 5.11 Å². The zero-order valence-electron chi connectivity index (χ0n) is 17.8. The summed E-state index contributed by atoms with van der Waals surface area (Å²) in [5, 5.41) is 19.5. The third kappa shape index (κ3) is 11.1. The van der Waals surface area contributed by atoms with Crippen molar-refractivity contribution in [3.63, 3.8) is 0 Å². The number of carboxylic acid groups (broad SMARTS) is 1. The maximum atomic E-state index is 12.6. The zero-order chi connectivity index (χ0) is 21.8. The molecule has 0 aromatic carbocycles. The number of allylic oxidation sites excluding steroid dienone is 1. The van der Waals surface area contributed by atoms with E-state index in [9.17, 15) is 24.4 Å². The largest absolute Gasteiger partial charge is 0.545 e. The topological polar surface area (TPSA) is 104 Å². The molecule has 0 bridgehead atoms. The number of likely N-dealkylation sites (N-methyl/N-ethyl adjacent to an activating group) is 1. The molecule has 0 heterocycles. The van der Waals surface area contributed by atoms with Crippen molar-refractivity contribution in [1.29, 1.82) is 0 Å². The lowest BCUT2D eigenvalue weighted by Gasteiger charge is -2.36. The fourth-order valence-electron chi connectivity index (χ4n) is 2.06. The van der Waals surface area contributed by atoms with Crippen LogP contribution in [0.25, 0.3) is 0 Å². The Labute approximate surface area is 163 Å². The molecule has 2 unspecified atom stereocenters. The van der Waals surface area contributed by atoms with E-state index in [1.807, 2.05) is 0 Å². The van der Waals surface area contributed by atoms with Crippen LogP contribution in [0.15, 0.2) is 23.8 Å². The van der Waals surface area contributed by atoms with Crippen molar-refractivity contribution >= 4 is 19.3 Å². The first kappa shape index (κ1) is 27.8. The van der Waals surface area contributed by atoms with E-state index in [1.165, 1.54) is 6.92 Å². The molecule has 0 aliphatic rings. The second-order valence-corrected chi connectivity index (χ2v) is 10.2. The van der Waals surface area contributed by atoms with Crippen LogP contribution in [0.4, 0.5) is 0 Å². The van der Waals surface area contributed by atoms with E-state index in [2.05, 4.69) is 13.5 Å². The molecule has 0 saturated carbocycles. The van der Waals surface area contributed by atoms with Gasteiger partial charge in [-0.3, -0.25) is 4.57 Å². The number of aliphatic hydroxyl groups is 1. The number of aliphatic hydroxyl groups excluding tert-OH is 1. The summed E-state index contributed by atoms with van der Waals surface area (Å²) in [5.74, 6) is -2.34. The summed E-state index contributed by atoms with van der Waals surface area (Å²) >= 11 is 0. The molecular weight excluding hydrogens is 369 g/mol. The lowest BCUT2D eigenvalue weighted by molar-refractivity contribution is -0.883. The van der Waals surface area contributed by atoms with Gasteiger partial charge in [-0.25, -0.2) is 4.79 Å². The van der Waals surface area contributed by atoms with Gasteiger partial charge in [-0.1, -0.05) is 39.3 Å². The molecule has 2 atom stereocenters. The molecule has 7 nitrogen and oxygen atoms in total. The summed E-state index contributed by atoms with van der Waals surface area (Å²) in [6.07, 6.45) is 4.89. The molecule has 0 aliphatic carbocycles.